The molecule has 1 amide bonds. The van der Waals surface area contributed by atoms with Crippen molar-refractivity contribution in [3.05, 3.63) is 40.5 Å². The van der Waals surface area contributed by atoms with E-state index in [9.17, 15) is 4.79 Å². The number of nitrogens with two attached hydrogens (primary N) is 1. The van der Waals surface area contributed by atoms with Crippen LogP contribution in [0.5, 0.6) is 0 Å². The lowest BCUT2D eigenvalue weighted by molar-refractivity contribution is 0.0996. The van der Waals surface area contributed by atoms with Crippen LogP contribution in [0.15, 0.2) is 24.3 Å². The van der Waals surface area contributed by atoms with E-state index in [0.717, 1.165) is 5.56 Å². The van der Waals surface area contributed by atoms with Crippen molar-refractivity contribution < 1.29 is 4.79 Å². The first kappa shape index (κ1) is 13.4. The summed E-state index contributed by atoms with van der Waals surface area (Å²) in [5, 5.41) is 8.42. The molecule has 0 spiro atoms. The molecule has 0 aliphatic heterocycles. The van der Waals surface area contributed by atoms with Gasteiger partial charge in [0.1, 0.15) is 0 Å². The molecule has 0 fully saturated rings. The molecule has 1 aromatic heterocycles. The Bertz CT molecular complexity index is 608. The van der Waals surface area contributed by atoms with Gasteiger partial charge in [-0.2, -0.15) is 0 Å². The number of amides is 1. The molecule has 2 rings (SSSR count). The molecule has 19 heavy (non-hydrogen) atoms. The highest BCUT2D eigenvalue weighted by atomic mass is 35.5. The Balaban J connectivity index is 2.41. The van der Waals surface area contributed by atoms with Crippen LogP contribution >= 0.6 is 11.6 Å². The molecule has 0 radical (unpaired) electrons. The van der Waals surface area contributed by atoms with Crippen molar-refractivity contribution in [3.63, 3.8) is 0 Å². The Morgan fingerprint density at radius 3 is 2.68 bits per heavy atom. The second kappa shape index (κ2) is 5.27. The van der Waals surface area contributed by atoms with Gasteiger partial charge in [0.15, 0.2) is 11.5 Å². The van der Waals surface area contributed by atoms with E-state index in [1.54, 1.807) is 29.7 Å². The lowest BCUT2D eigenvalue weighted by atomic mass is 10.2. The Kier molecular flexibility index (Phi) is 3.71. The highest BCUT2D eigenvalue weighted by molar-refractivity contribution is 6.31. The molecule has 100 valence electrons. The van der Waals surface area contributed by atoms with E-state index in [1.807, 2.05) is 18.2 Å². The zero-order valence-electron chi connectivity index (χ0n) is 10.7. The minimum Gasteiger partial charge on any atom is -0.364 e. The number of nitrogens with zero attached hydrogens (tertiary/aromatic N) is 4. The number of benzene rings is 1. The molecule has 0 unspecified atom stereocenters. The molecule has 0 bridgehead atoms. The summed E-state index contributed by atoms with van der Waals surface area (Å²) in [6.07, 6.45) is 0. The first-order valence-corrected chi connectivity index (χ1v) is 6.02. The number of hydrogen-bond acceptors (Lipinski definition) is 4. The number of rotatable bonds is 4. The maximum atomic E-state index is 11.3. The second-order valence-corrected chi connectivity index (χ2v) is 4.68. The van der Waals surface area contributed by atoms with Crippen LogP contribution in [-0.2, 0) is 6.54 Å². The number of carbonyl (C=O) groups excluding carboxylic acids is 1. The quantitative estimate of drug-likeness (QED) is 0.911. The summed E-state index contributed by atoms with van der Waals surface area (Å²) in [6.45, 7) is 0.424. The number of carbonyl (C=O) groups is 1. The summed E-state index contributed by atoms with van der Waals surface area (Å²) < 4.78 is 1.60. The average molecular weight is 280 g/mol. The van der Waals surface area contributed by atoms with Crippen LogP contribution in [0, 0.1) is 0 Å². The standard InChI is InChI=1S/C12H14ClN5O/c1-17(2)12-10(11(14)19)15-16-18(12)7-8-5-3-4-6-9(8)13/h3-6H,7H2,1-2H3,(H2,14,19). The number of primary amides is 1. The maximum Gasteiger partial charge on any atom is 0.273 e. The first-order chi connectivity index (χ1) is 9.00. The van der Waals surface area contributed by atoms with E-state index in [0.29, 0.717) is 17.4 Å². The van der Waals surface area contributed by atoms with E-state index in [-0.39, 0.29) is 5.69 Å². The minimum atomic E-state index is -0.603. The van der Waals surface area contributed by atoms with Crippen molar-refractivity contribution in [2.24, 2.45) is 5.73 Å². The monoisotopic (exact) mass is 279 g/mol. The molecule has 2 aromatic rings. The SMILES string of the molecule is CN(C)c1c(C(N)=O)nnn1Cc1ccccc1Cl. The van der Waals surface area contributed by atoms with Gasteiger partial charge in [0.25, 0.3) is 5.91 Å². The number of halogens is 1. The zero-order valence-corrected chi connectivity index (χ0v) is 11.4. The van der Waals surface area contributed by atoms with Gasteiger partial charge in [0.2, 0.25) is 0 Å². The summed E-state index contributed by atoms with van der Waals surface area (Å²) in [5.74, 6) is -0.0403. The van der Waals surface area contributed by atoms with Crippen molar-refractivity contribution in [1.29, 1.82) is 0 Å². The maximum absolute atomic E-state index is 11.3. The van der Waals surface area contributed by atoms with Crippen LogP contribution in [-0.4, -0.2) is 35.0 Å². The zero-order chi connectivity index (χ0) is 14.0. The Labute approximate surface area is 115 Å². The number of hydrogen-bond donors (Lipinski definition) is 1. The molecule has 2 N–H and O–H groups in total. The van der Waals surface area contributed by atoms with Crippen molar-refractivity contribution in [1.82, 2.24) is 15.0 Å². The average Bonchev–Trinajstić information content (AvgIpc) is 2.76. The summed E-state index contributed by atoms with van der Waals surface area (Å²) in [5.41, 5.74) is 6.33. The summed E-state index contributed by atoms with van der Waals surface area (Å²) in [6, 6.07) is 7.45. The molecule has 0 aliphatic carbocycles. The van der Waals surface area contributed by atoms with Crippen LogP contribution in [0.2, 0.25) is 5.02 Å². The highest BCUT2D eigenvalue weighted by Crippen LogP contribution is 2.20. The predicted molar refractivity (Wildman–Crippen MR) is 73.4 cm³/mol. The third-order valence-electron chi connectivity index (χ3n) is 2.64. The van der Waals surface area contributed by atoms with Crippen molar-refractivity contribution in [3.8, 4) is 0 Å². The normalized spacial score (nSPS) is 10.5. The molecule has 0 saturated carbocycles. The summed E-state index contributed by atoms with van der Waals surface area (Å²) >= 11 is 6.11. The summed E-state index contributed by atoms with van der Waals surface area (Å²) in [4.78, 5) is 13.1. The molecular formula is C12H14ClN5O. The third-order valence-corrected chi connectivity index (χ3v) is 3.01. The first-order valence-electron chi connectivity index (χ1n) is 5.64. The molecule has 6 nitrogen and oxygen atoms in total. The van der Waals surface area contributed by atoms with Crippen LogP contribution in [0.4, 0.5) is 5.82 Å². The summed E-state index contributed by atoms with van der Waals surface area (Å²) in [7, 11) is 3.60. The van der Waals surface area contributed by atoms with Crippen LogP contribution < -0.4 is 10.6 Å². The largest absolute Gasteiger partial charge is 0.364 e. The smallest absolute Gasteiger partial charge is 0.273 e. The van der Waals surface area contributed by atoms with Crippen LogP contribution in [0.25, 0.3) is 0 Å². The van der Waals surface area contributed by atoms with Gasteiger partial charge in [0, 0.05) is 19.1 Å². The van der Waals surface area contributed by atoms with Gasteiger partial charge in [-0.15, -0.1) is 5.10 Å². The van der Waals surface area contributed by atoms with Gasteiger partial charge in [0.05, 0.1) is 6.54 Å². The van der Waals surface area contributed by atoms with E-state index in [4.69, 9.17) is 17.3 Å². The van der Waals surface area contributed by atoms with Gasteiger partial charge in [-0.1, -0.05) is 35.0 Å². The molecule has 1 heterocycles. The number of anilines is 1. The fourth-order valence-electron chi connectivity index (χ4n) is 1.80. The minimum absolute atomic E-state index is 0.150. The van der Waals surface area contributed by atoms with E-state index < -0.39 is 5.91 Å². The van der Waals surface area contributed by atoms with Crippen molar-refractivity contribution >= 4 is 23.3 Å². The van der Waals surface area contributed by atoms with Gasteiger partial charge >= 0.3 is 0 Å². The molecular weight excluding hydrogens is 266 g/mol. The Morgan fingerprint density at radius 2 is 2.11 bits per heavy atom. The van der Waals surface area contributed by atoms with E-state index >= 15 is 0 Å². The molecule has 7 heteroatoms. The van der Waals surface area contributed by atoms with Gasteiger partial charge in [-0.25, -0.2) is 4.68 Å². The Morgan fingerprint density at radius 1 is 1.42 bits per heavy atom. The lowest BCUT2D eigenvalue weighted by Crippen LogP contribution is -2.21. The van der Waals surface area contributed by atoms with Gasteiger partial charge < -0.3 is 10.6 Å². The number of aromatic nitrogens is 3. The van der Waals surface area contributed by atoms with Crippen LogP contribution in [0.1, 0.15) is 16.1 Å². The topological polar surface area (TPSA) is 77.0 Å². The molecule has 0 atom stereocenters. The predicted octanol–water partition coefficient (Wildman–Crippen LogP) is 1.14. The van der Waals surface area contributed by atoms with Gasteiger partial charge in [-0.05, 0) is 11.6 Å². The fourth-order valence-corrected chi connectivity index (χ4v) is 2.00. The molecule has 0 aliphatic rings. The Hall–Kier alpha value is -2.08. The van der Waals surface area contributed by atoms with E-state index in [1.165, 1.54) is 0 Å². The fraction of sp³-hybridized carbons (Fsp3) is 0.250. The second-order valence-electron chi connectivity index (χ2n) is 4.27. The van der Waals surface area contributed by atoms with Crippen molar-refractivity contribution in [2.75, 3.05) is 19.0 Å². The van der Waals surface area contributed by atoms with Crippen molar-refractivity contribution in [2.45, 2.75) is 6.54 Å². The van der Waals surface area contributed by atoms with Gasteiger partial charge in [-0.3, -0.25) is 4.79 Å². The lowest BCUT2D eigenvalue weighted by Gasteiger charge is -2.15. The van der Waals surface area contributed by atoms with E-state index in [2.05, 4.69) is 10.3 Å². The molecule has 1 aromatic carbocycles. The highest BCUT2D eigenvalue weighted by Gasteiger charge is 2.19. The van der Waals surface area contributed by atoms with Crippen LogP contribution in [0.3, 0.4) is 0 Å². The third kappa shape index (κ3) is 2.68. The molecule has 0 saturated heterocycles.